The van der Waals surface area contributed by atoms with Gasteiger partial charge in [0.05, 0.1) is 6.10 Å². The molecule has 4 aliphatic rings. The van der Waals surface area contributed by atoms with Gasteiger partial charge in [-0.05, 0) is 105 Å². The van der Waals surface area contributed by atoms with E-state index in [2.05, 4.69) is 57.0 Å². The number of benzene rings is 1. The molecule has 1 aromatic carbocycles. The molecule has 5 atom stereocenters. The Balaban J connectivity index is 1.60. The monoisotopic (exact) mass is 419 g/mol. The smallest absolute Gasteiger partial charge is 0.156 e. The molecule has 0 amide bonds. The number of fused-ring (bicyclic) bond motifs is 4. The first-order valence-corrected chi connectivity index (χ1v) is 12.3. The molecule has 2 saturated carbocycles. The van der Waals surface area contributed by atoms with Crippen molar-refractivity contribution in [3.05, 3.63) is 52.6 Å². The quantitative estimate of drug-likeness (QED) is 0.674. The topological polar surface area (TPSA) is 40.5 Å². The van der Waals surface area contributed by atoms with Gasteiger partial charge in [-0.3, -0.25) is 4.79 Å². The fraction of sp³-hybridized carbons (Fsp3) is 0.607. The largest absolute Gasteiger partial charge is 0.393 e. The number of allylic oxidation sites excluding steroid dienone is 4. The molecule has 2 fully saturated rings. The lowest BCUT2D eigenvalue weighted by Crippen LogP contribution is -2.45. The van der Waals surface area contributed by atoms with Crippen molar-refractivity contribution in [3.8, 4) is 0 Å². The van der Waals surface area contributed by atoms with Crippen LogP contribution in [-0.2, 0) is 4.79 Å². The molecule has 0 spiro atoms. The van der Waals surface area contributed by atoms with E-state index in [1.54, 1.807) is 5.57 Å². The SMILES string of the molecule is CC(C)N(C)c1ccc([C@H]2C[C@]3(C)[C@@H](O)CC[C@H]3[C@@H]3CCC4=CC(=O)CCC4=C32)cc1. The van der Waals surface area contributed by atoms with Crippen molar-refractivity contribution in [1.82, 2.24) is 0 Å². The Hall–Kier alpha value is -1.87. The van der Waals surface area contributed by atoms with Crippen molar-refractivity contribution < 1.29 is 9.90 Å². The molecule has 0 heterocycles. The molecule has 166 valence electrons. The van der Waals surface area contributed by atoms with Crippen molar-refractivity contribution in [1.29, 1.82) is 0 Å². The van der Waals surface area contributed by atoms with Crippen LogP contribution in [-0.4, -0.2) is 30.1 Å². The third kappa shape index (κ3) is 3.31. The minimum atomic E-state index is -0.192. The molecule has 0 radical (unpaired) electrons. The summed E-state index contributed by atoms with van der Waals surface area (Å²) < 4.78 is 0. The summed E-state index contributed by atoms with van der Waals surface area (Å²) in [5, 5.41) is 11.0. The van der Waals surface area contributed by atoms with Crippen LogP contribution in [0.25, 0.3) is 0 Å². The highest BCUT2D eigenvalue weighted by atomic mass is 16.3. The summed E-state index contributed by atoms with van der Waals surface area (Å²) in [6.45, 7) is 6.78. The number of carbonyl (C=O) groups excluding carboxylic acids is 1. The summed E-state index contributed by atoms with van der Waals surface area (Å²) >= 11 is 0. The summed E-state index contributed by atoms with van der Waals surface area (Å²) in [6.07, 6.45) is 8.58. The van der Waals surface area contributed by atoms with Crippen molar-refractivity contribution >= 4 is 11.5 Å². The fourth-order valence-corrected chi connectivity index (χ4v) is 7.17. The predicted octanol–water partition coefficient (Wildman–Crippen LogP) is 5.79. The van der Waals surface area contributed by atoms with Crippen LogP contribution in [0.2, 0.25) is 0 Å². The van der Waals surface area contributed by atoms with E-state index < -0.39 is 0 Å². The molecule has 5 rings (SSSR count). The van der Waals surface area contributed by atoms with Gasteiger partial charge in [-0.2, -0.15) is 0 Å². The molecule has 31 heavy (non-hydrogen) atoms. The second kappa shape index (κ2) is 7.62. The Kier molecular flexibility index (Phi) is 5.16. The highest BCUT2D eigenvalue weighted by Gasteiger charge is 2.56. The van der Waals surface area contributed by atoms with Gasteiger partial charge in [0.1, 0.15) is 0 Å². The zero-order chi connectivity index (χ0) is 21.9. The van der Waals surface area contributed by atoms with Crippen LogP contribution in [0.5, 0.6) is 0 Å². The number of hydrogen-bond donors (Lipinski definition) is 1. The maximum atomic E-state index is 12.1. The number of anilines is 1. The van der Waals surface area contributed by atoms with Crippen molar-refractivity contribution in [2.75, 3.05) is 11.9 Å². The van der Waals surface area contributed by atoms with E-state index >= 15 is 0 Å². The lowest BCUT2D eigenvalue weighted by Gasteiger charge is -2.52. The molecule has 4 aliphatic carbocycles. The van der Waals surface area contributed by atoms with Crippen LogP contribution >= 0.6 is 0 Å². The predicted molar refractivity (Wildman–Crippen MR) is 126 cm³/mol. The van der Waals surface area contributed by atoms with E-state index in [4.69, 9.17) is 0 Å². The summed E-state index contributed by atoms with van der Waals surface area (Å²) in [5.74, 6) is 1.78. The number of aliphatic hydroxyl groups is 1. The summed E-state index contributed by atoms with van der Waals surface area (Å²) in [4.78, 5) is 14.4. The molecule has 0 aromatic heterocycles. The van der Waals surface area contributed by atoms with Gasteiger partial charge in [0, 0.05) is 31.1 Å². The van der Waals surface area contributed by atoms with Crippen molar-refractivity contribution in [3.63, 3.8) is 0 Å². The van der Waals surface area contributed by atoms with E-state index in [-0.39, 0.29) is 11.5 Å². The van der Waals surface area contributed by atoms with Gasteiger partial charge in [-0.15, -0.1) is 0 Å². The summed E-state index contributed by atoms with van der Waals surface area (Å²) in [7, 11) is 2.15. The molecular weight excluding hydrogens is 382 g/mol. The minimum Gasteiger partial charge on any atom is -0.393 e. The maximum absolute atomic E-state index is 12.1. The van der Waals surface area contributed by atoms with Crippen LogP contribution in [0, 0.1) is 17.3 Å². The third-order valence-corrected chi connectivity index (χ3v) is 9.16. The fourth-order valence-electron chi connectivity index (χ4n) is 7.17. The second-order valence-electron chi connectivity index (χ2n) is 11.0. The van der Waals surface area contributed by atoms with E-state index in [1.165, 1.54) is 22.4 Å². The van der Waals surface area contributed by atoms with Crippen LogP contribution in [0.15, 0.2) is 47.1 Å². The maximum Gasteiger partial charge on any atom is 0.156 e. The van der Waals surface area contributed by atoms with E-state index in [0.717, 1.165) is 38.5 Å². The van der Waals surface area contributed by atoms with Crippen molar-refractivity contribution in [2.24, 2.45) is 17.3 Å². The van der Waals surface area contributed by atoms with Gasteiger partial charge in [-0.1, -0.05) is 24.6 Å². The summed E-state index contributed by atoms with van der Waals surface area (Å²) in [6, 6.07) is 9.63. The van der Waals surface area contributed by atoms with Crippen LogP contribution in [0.4, 0.5) is 5.69 Å². The Morgan fingerprint density at radius 3 is 2.52 bits per heavy atom. The lowest BCUT2D eigenvalue weighted by atomic mass is 9.53. The zero-order valence-corrected chi connectivity index (χ0v) is 19.5. The number of aliphatic hydroxyl groups excluding tert-OH is 1. The average molecular weight is 420 g/mol. The van der Waals surface area contributed by atoms with Gasteiger partial charge in [0.15, 0.2) is 5.78 Å². The summed E-state index contributed by atoms with van der Waals surface area (Å²) in [5.41, 5.74) is 7.05. The first-order valence-electron chi connectivity index (χ1n) is 12.3. The number of rotatable bonds is 3. The Bertz CT molecular complexity index is 940. The molecule has 0 aliphatic heterocycles. The number of nitrogens with zero attached hydrogens (tertiary/aromatic N) is 1. The molecular formula is C28H37NO2. The van der Waals surface area contributed by atoms with Gasteiger partial charge >= 0.3 is 0 Å². The molecule has 0 unspecified atom stereocenters. The third-order valence-electron chi connectivity index (χ3n) is 9.16. The zero-order valence-electron chi connectivity index (χ0n) is 19.5. The second-order valence-corrected chi connectivity index (χ2v) is 11.0. The van der Waals surface area contributed by atoms with Crippen LogP contribution in [0.1, 0.15) is 77.2 Å². The first-order chi connectivity index (χ1) is 14.8. The Morgan fingerprint density at radius 2 is 1.81 bits per heavy atom. The first kappa shape index (κ1) is 21.0. The van der Waals surface area contributed by atoms with E-state index in [0.29, 0.717) is 36.0 Å². The lowest BCUT2D eigenvalue weighted by molar-refractivity contribution is -0.114. The normalized spacial score (nSPS) is 34.9. The average Bonchev–Trinajstić information content (AvgIpc) is 3.06. The highest BCUT2D eigenvalue weighted by molar-refractivity contribution is 5.93. The molecule has 0 bridgehead atoms. The number of ketones is 1. The molecule has 1 N–H and O–H groups in total. The van der Waals surface area contributed by atoms with E-state index in [9.17, 15) is 9.90 Å². The van der Waals surface area contributed by atoms with Gasteiger partial charge in [-0.25, -0.2) is 0 Å². The van der Waals surface area contributed by atoms with Crippen LogP contribution in [0.3, 0.4) is 0 Å². The Labute approximate surface area is 187 Å². The highest BCUT2D eigenvalue weighted by Crippen LogP contribution is 2.63. The van der Waals surface area contributed by atoms with Crippen LogP contribution < -0.4 is 4.90 Å². The number of carbonyl (C=O) groups is 1. The van der Waals surface area contributed by atoms with E-state index in [1.807, 2.05) is 6.08 Å². The van der Waals surface area contributed by atoms with Gasteiger partial charge in [0.2, 0.25) is 0 Å². The standard InChI is InChI=1S/C28H37NO2/c1-17(2)29(4)20-8-5-18(6-9-20)24-16-28(3)25(13-14-26(28)31)23-11-7-19-15-21(30)10-12-22(19)27(23)24/h5-6,8-9,15,17,23-26,31H,7,10-14,16H2,1-4H3/t23-,24+,25-,26-,28-/m0/s1. The Morgan fingerprint density at radius 1 is 1.06 bits per heavy atom. The number of hydrogen-bond acceptors (Lipinski definition) is 3. The molecule has 3 nitrogen and oxygen atoms in total. The molecule has 3 heteroatoms. The van der Waals surface area contributed by atoms with Gasteiger partial charge < -0.3 is 10.0 Å². The molecule has 1 aromatic rings. The van der Waals surface area contributed by atoms with Crippen molar-refractivity contribution in [2.45, 2.75) is 83.8 Å². The van der Waals surface area contributed by atoms with Gasteiger partial charge in [0.25, 0.3) is 0 Å². The molecule has 0 saturated heterocycles. The minimum absolute atomic E-state index is 0.00150.